The van der Waals surface area contributed by atoms with Gasteiger partial charge in [-0.2, -0.15) is 0 Å². The second-order valence-electron chi connectivity index (χ2n) is 4.23. The largest absolute Gasteiger partial charge is 0.497 e. The lowest BCUT2D eigenvalue weighted by Crippen LogP contribution is -2.16. The summed E-state index contributed by atoms with van der Waals surface area (Å²) in [5.41, 5.74) is 5.75. The van der Waals surface area contributed by atoms with Gasteiger partial charge in [0.15, 0.2) is 5.84 Å². The Hall–Kier alpha value is -2.76. The van der Waals surface area contributed by atoms with Crippen LogP contribution in [0.4, 0.5) is 4.39 Å². The molecule has 0 aliphatic heterocycles. The fourth-order valence-corrected chi connectivity index (χ4v) is 1.80. The van der Waals surface area contributed by atoms with E-state index in [2.05, 4.69) is 5.16 Å². The Morgan fingerprint density at radius 2 is 1.95 bits per heavy atom. The Morgan fingerprint density at radius 3 is 2.67 bits per heavy atom. The van der Waals surface area contributed by atoms with Crippen LogP contribution in [0.2, 0.25) is 0 Å². The summed E-state index contributed by atoms with van der Waals surface area (Å²) >= 11 is 0. The van der Waals surface area contributed by atoms with Crippen LogP contribution in [0.5, 0.6) is 11.5 Å². The summed E-state index contributed by atoms with van der Waals surface area (Å²) in [6.07, 6.45) is 0. The third-order valence-electron chi connectivity index (χ3n) is 2.90. The van der Waals surface area contributed by atoms with Crippen LogP contribution in [0.15, 0.2) is 47.6 Å². The van der Waals surface area contributed by atoms with E-state index in [4.69, 9.17) is 20.4 Å². The van der Waals surface area contributed by atoms with E-state index in [-0.39, 0.29) is 18.0 Å². The molecule has 2 rings (SSSR count). The van der Waals surface area contributed by atoms with Crippen molar-refractivity contribution in [2.75, 3.05) is 7.11 Å². The van der Waals surface area contributed by atoms with Crippen molar-refractivity contribution in [1.82, 2.24) is 0 Å². The maximum atomic E-state index is 14.2. The van der Waals surface area contributed by atoms with Crippen molar-refractivity contribution in [2.45, 2.75) is 6.61 Å². The second kappa shape index (κ2) is 6.60. The molecule has 6 heteroatoms. The summed E-state index contributed by atoms with van der Waals surface area (Å²) in [6, 6.07) is 11.6. The zero-order chi connectivity index (χ0) is 15.2. The minimum absolute atomic E-state index is 0.0194. The van der Waals surface area contributed by atoms with Crippen LogP contribution in [0.3, 0.4) is 0 Å². The first kappa shape index (κ1) is 14.6. The molecule has 0 saturated heterocycles. The number of nitrogens with two attached hydrogens (primary N) is 1. The predicted octanol–water partition coefficient (Wildman–Crippen LogP) is 2.51. The van der Waals surface area contributed by atoms with Crippen LogP contribution < -0.4 is 15.2 Å². The molecule has 0 bridgehead atoms. The molecule has 2 aromatic carbocycles. The predicted molar refractivity (Wildman–Crippen MR) is 76.2 cm³/mol. The number of nitrogens with zero attached hydrogens (tertiary/aromatic N) is 1. The van der Waals surface area contributed by atoms with E-state index >= 15 is 0 Å². The maximum absolute atomic E-state index is 14.2. The van der Waals surface area contributed by atoms with Gasteiger partial charge in [-0.15, -0.1) is 0 Å². The first-order valence-corrected chi connectivity index (χ1v) is 6.18. The van der Waals surface area contributed by atoms with Gasteiger partial charge in [0, 0.05) is 11.6 Å². The number of ether oxygens (including phenoxy) is 2. The monoisotopic (exact) mass is 290 g/mol. The van der Waals surface area contributed by atoms with Crippen LogP contribution in [0, 0.1) is 5.82 Å². The van der Waals surface area contributed by atoms with E-state index in [0.29, 0.717) is 17.1 Å². The molecule has 110 valence electrons. The summed E-state index contributed by atoms with van der Waals surface area (Å²) in [7, 11) is 1.55. The molecule has 0 fully saturated rings. The van der Waals surface area contributed by atoms with Crippen LogP contribution in [-0.2, 0) is 6.61 Å². The molecule has 0 amide bonds. The average Bonchev–Trinajstić information content (AvgIpc) is 2.53. The fraction of sp³-hybridized carbons (Fsp3) is 0.133. The van der Waals surface area contributed by atoms with E-state index in [1.165, 1.54) is 6.07 Å². The quantitative estimate of drug-likeness (QED) is 0.384. The van der Waals surface area contributed by atoms with Crippen molar-refractivity contribution >= 4 is 5.84 Å². The molecule has 0 unspecified atom stereocenters. The highest BCUT2D eigenvalue weighted by Crippen LogP contribution is 2.21. The van der Waals surface area contributed by atoms with Crippen molar-refractivity contribution < 1.29 is 19.1 Å². The number of rotatable bonds is 5. The second-order valence-corrected chi connectivity index (χ2v) is 4.23. The molecule has 0 spiro atoms. The smallest absolute Gasteiger partial charge is 0.173 e. The Bertz CT molecular complexity index is 659. The molecule has 0 heterocycles. The molecular formula is C15H15FN2O3. The molecule has 0 aliphatic carbocycles. The number of methoxy groups -OCH3 is 1. The highest BCUT2D eigenvalue weighted by Gasteiger charge is 2.12. The SMILES string of the molecule is COc1cccc(OCc2cccc(/C(N)=N/O)c2F)c1. The number of halogens is 1. The van der Waals surface area contributed by atoms with Gasteiger partial charge in [0.1, 0.15) is 23.9 Å². The minimum Gasteiger partial charge on any atom is -0.497 e. The Labute approximate surface area is 121 Å². The van der Waals surface area contributed by atoms with Crippen molar-refractivity contribution in [1.29, 1.82) is 0 Å². The van der Waals surface area contributed by atoms with E-state index < -0.39 is 5.82 Å². The first-order valence-electron chi connectivity index (χ1n) is 6.18. The van der Waals surface area contributed by atoms with Crippen molar-refractivity contribution in [3.05, 3.63) is 59.4 Å². The highest BCUT2D eigenvalue weighted by molar-refractivity contribution is 5.97. The van der Waals surface area contributed by atoms with Crippen LogP contribution >= 0.6 is 0 Å². The molecule has 0 aliphatic rings. The topological polar surface area (TPSA) is 77.1 Å². The van der Waals surface area contributed by atoms with E-state index in [1.54, 1.807) is 43.5 Å². The van der Waals surface area contributed by atoms with Gasteiger partial charge in [-0.05, 0) is 18.2 Å². The highest BCUT2D eigenvalue weighted by atomic mass is 19.1. The van der Waals surface area contributed by atoms with E-state index in [9.17, 15) is 4.39 Å². The maximum Gasteiger partial charge on any atom is 0.173 e. The number of hydrogen-bond acceptors (Lipinski definition) is 4. The number of hydrogen-bond donors (Lipinski definition) is 2. The average molecular weight is 290 g/mol. The molecule has 0 aromatic heterocycles. The van der Waals surface area contributed by atoms with Crippen LogP contribution in [0.1, 0.15) is 11.1 Å². The van der Waals surface area contributed by atoms with E-state index in [1.807, 2.05) is 0 Å². The standard InChI is InChI=1S/C15H15FN2O3/c1-20-11-5-3-6-12(8-11)21-9-10-4-2-7-13(14(10)16)15(17)18-19/h2-8,19H,9H2,1H3,(H2,17,18). The van der Waals surface area contributed by atoms with Gasteiger partial charge in [-0.25, -0.2) is 4.39 Å². The molecular weight excluding hydrogens is 275 g/mol. The summed E-state index contributed by atoms with van der Waals surface area (Å²) in [5, 5.41) is 11.4. The number of amidine groups is 1. The van der Waals surface area contributed by atoms with Gasteiger partial charge in [0.25, 0.3) is 0 Å². The lowest BCUT2D eigenvalue weighted by Gasteiger charge is -2.10. The van der Waals surface area contributed by atoms with Gasteiger partial charge < -0.3 is 20.4 Å². The molecule has 2 aromatic rings. The normalized spacial score (nSPS) is 11.2. The summed E-state index contributed by atoms with van der Waals surface area (Å²) in [5.74, 6) is 0.354. The van der Waals surface area contributed by atoms with Crippen molar-refractivity contribution in [2.24, 2.45) is 10.9 Å². The van der Waals surface area contributed by atoms with Gasteiger partial charge >= 0.3 is 0 Å². The lowest BCUT2D eigenvalue weighted by atomic mass is 10.1. The molecule has 3 N–H and O–H groups in total. The molecule has 0 radical (unpaired) electrons. The Kier molecular flexibility index (Phi) is 4.61. The minimum atomic E-state index is -0.573. The molecule has 5 nitrogen and oxygen atoms in total. The molecule has 0 atom stereocenters. The number of benzene rings is 2. The Balaban J connectivity index is 2.16. The van der Waals surface area contributed by atoms with Gasteiger partial charge in [-0.3, -0.25) is 0 Å². The fourth-order valence-electron chi connectivity index (χ4n) is 1.80. The summed E-state index contributed by atoms with van der Waals surface area (Å²) in [4.78, 5) is 0. The van der Waals surface area contributed by atoms with E-state index in [0.717, 1.165) is 0 Å². The summed E-state index contributed by atoms with van der Waals surface area (Å²) in [6.45, 7) is 0.0194. The zero-order valence-corrected chi connectivity index (χ0v) is 11.4. The van der Waals surface area contributed by atoms with Gasteiger partial charge in [-0.1, -0.05) is 23.4 Å². The van der Waals surface area contributed by atoms with Crippen LogP contribution in [-0.4, -0.2) is 18.2 Å². The zero-order valence-electron chi connectivity index (χ0n) is 11.4. The van der Waals surface area contributed by atoms with Crippen molar-refractivity contribution in [3.8, 4) is 11.5 Å². The van der Waals surface area contributed by atoms with Crippen molar-refractivity contribution in [3.63, 3.8) is 0 Å². The lowest BCUT2D eigenvalue weighted by molar-refractivity contribution is 0.297. The Morgan fingerprint density at radius 1 is 1.24 bits per heavy atom. The molecule has 0 saturated carbocycles. The van der Waals surface area contributed by atoms with Crippen LogP contribution in [0.25, 0.3) is 0 Å². The van der Waals surface area contributed by atoms with Gasteiger partial charge in [0.2, 0.25) is 0 Å². The first-order chi connectivity index (χ1) is 10.2. The third-order valence-corrected chi connectivity index (χ3v) is 2.90. The summed E-state index contributed by atoms with van der Waals surface area (Å²) < 4.78 is 24.8. The molecule has 21 heavy (non-hydrogen) atoms. The van der Waals surface area contributed by atoms with Gasteiger partial charge in [0.05, 0.1) is 12.7 Å². The number of oxime groups is 1. The third kappa shape index (κ3) is 3.42.